The number of carbonyl (C=O) groups excluding carboxylic acids is 1. The van der Waals surface area contributed by atoms with Crippen molar-refractivity contribution in [2.24, 2.45) is 5.92 Å². The maximum absolute atomic E-state index is 12.1. The van der Waals surface area contributed by atoms with Crippen LogP contribution in [0.4, 0.5) is 0 Å². The van der Waals surface area contributed by atoms with Gasteiger partial charge >= 0.3 is 5.97 Å². The van der Waals surface area contributed by atoms with E-state index in [0.29, 0.717) is 11.5 Å². The van der Waals surface area contributed by atoms with Crippen LogP contribution in [0.15, 0.2) is 29.4 Å². The van der Waals surface area contributed by atoms with Crippen LogP contribution in [-0.2, 0) is 17.8 Å². The number of esters is 1. The van der Waals surface area contributed by atoms with Gasteiger partial charge in [0.1, 0.15) is 23.7 Å². The minimum Gasteiger partial charge on any atom is -0.496 e. The maximum Gasteiger partial charge on any atom is 0.339 e. The Hall–Kier alpha value is -2.23. The normalized spacial score (nSPS) is 23.0. The lowest BCUT2D eigenvalue weighted by atomic mass is 9.78. The summed E-state index contributed by atoms with van der Waals surface area (Å²) in [4.78, 5) is 12.1. The van der Waals surface area contributed by atoms with Crippen molar-refractivity contribution >= 4 is 5.97 Å². The molecule has 1 aromatic rings. The van der Waals surface area contributed by atoms with E-state index in [1.165, 1.54) is 11.1 Å². The van der Waals surface area contributed by atoms with E-state index in [2.05, 4.69) is 46.8 Å². The molecule has 4 heteroatoms. The fourth-order valence-corrected chi connectivity index (χ4v) is 4.21. The predicted molar refractivity (Wildman–Crippen MR) is 116 cm³/mol. The Labute approximate surface area is 174 Å². The zero-order valence-corrected chi connectivity index (χ0v) is 18.7. The molecule has 0 amide bonds. The van der Waals surface area contributed by atoms with Gasteiger partial charge in [0, 0.05) is 11.1 Å². The molecule has 4 nitrogen and oxygen atoms in total. The number of allylic oxidation sites excluding steroid dienone is 4. The molecule has 0 fully saturated rings. The largest absolute Gasteiger partial charge is 0.496 e. The number of carbonyl (C=O) groups is 1. The lowest BCUT2D eigenvalue weighted by Gasteiger charge is -2.42. The number of hydrogen-bond donors (Lipinski definition) is 0. The fraction of sp³-hybridized carbons (Fsp3) is 0.560. The number of rotatable bonds is 7. The summed E-state index contributed by atoms with van der Waals surface area (Å²) in [6, 6.07) is 1.81. The molecule has 0 radical (unpaired) electrons. The van der Waals surface area contributed by atoms with Gasteiger partial charge in [-0.2, -0.15) is 0 Å². The van der Waals surface area contributed by atoms with Crippen LogP contribution >= 0.6 is 0 Å². The van der Waals surface area contributed by atoms with E-state index in [1.54, 1.807) is 13.2 Å². The highest BCUT2D eigenvalue weighted by atomic mass is 16.5. The van der Waals surface area contributed by atoms with Gasteiger partial charge in [0.15, 0.2) is 0 Å². The van der Waals surface area contributed by atoms with Crippen LogP contribution < -0.4 is 9.47 Å². The Balaban J connectivity index is 1.76. The third-order valence-corrected chi connectivity index (χ3v) is 6.35. The van der Waals surface area contributed by atoms with Crippen LogP contribution in [0.25, 0.3) is 0 Å². The highest BCUT2D eigenvalue weighted by Crippen LogP contribution is 2.47. The van der Waals surface area contributed by atoms with E-state index >= 15 is 0 Å². The number of benzene rings is 1. The Morgan fingerprint density at radius 1 is 1.24 bits per heavy atom. The van der Waals surface area contributed by atoms with Crippen molar-refractivity contribution in [3.05, 3.63) is 46.1 Å². The summed E-state index contributed by atoms with van der Waals surface area (Å²) in [5.41, 5.74) is 5.03. The summed E-state index contributed by atoms with van der Waals surface area (Å²) in [7, 11) is 1.64. The van der Waals surface area contributed by atoms with Crippen LogP contribution in [-0.4, -0.2) is 18.7 Å². The number of cyclic esters (lactones) is 1. The average molecular weight is 399 g/mol. The second-order valence-corrected chi connectivity index (χ2v) is 8.92. The van der Waals surface area contributed by atoms with E-state index in [4.69, 9.17) is 14.2 Å². The highest BCUT2D eigenvalue weighted by Gasteiger charge is 2.42. The van der Waals surface area contributed by atoms with Crippen molar-refractivity contribution in [2.45, 2.75) is 78.9 Å². The van der Waals surface area contributed by atoms with Gasteiger partial charge in [-0.25, -0.2) is 4.79 Å². The fourth-order valence-electron chi connectivity index (χ4n) is 4.21. The van der Waals surface area contributed by atoms with Gasteiger partial charge in [-0.15, -0.1) is 0 Å². The summed E-state index contributed by atoms with van der Waals surface area (Å²) >= 11 is 0. The molecule has 0 spiro atoms. The molecule has 0 saturated carbocycles. The zero-order valence-electron chi connectivity index (χ0n) is 18.7. The van der Waals surface area contributed by atoms with E-state index < -0.39 is 0 Å². The smallest absolute Gasteiger partial charge is 0.339 e. The van der Waals surface area contributed by atoms with Crippen molar-refractivity contribution in [3.63, 3.8) is 0 Å². The summed E-state index contributed by atoms with van der Waals surface area (Å²) in [5, 5.41) is 0. The van der Waals surface area contributed by atoms with E-state index in [1.807, 2.05) is 0 Å². The molecule has 2 atom stereocenters. The topological polar surface area (TPSA) is 44.8 Å². The summed E-state index contributed by atoms with van der Waals surface area (Å²) in [5.74, 6) is 1.58. The molecule has 0 N–H and O–H groups in total. The first-order valence-electron chi connectivity index (χ1n) is 10.6. The molecule has 0 bridgehead atoms. The first-order valence-corrected chi connectivity index (χ1v) is 10.6. The maximum atomic E-state index is 12.1. The average Bonchev–Trinajstić information content (AvgIpc) is 3.03. The lowest BCUT2D eigenvalue weighted by Crippen LogP contribution is -2.44. The summed E-state index contributed by atoms with van der Waals surface area (Å²) in [6.45, 7) is 11.2. The molecule has 29 heavy (non-hydrogen) atoms. The Morgan fingerprint density at radius 3 is 2.69 bits per heavy atom. The molecule has 3 rings (SSSR count). The van der Waals surface area contributed by atoms with Crippen LogP contribution in [0.3, 0.4) is 0 Å². The van der Waals surface area contributed by atoms with Crippen molar-refractivity contribution in [2.75, 3.05) is 7.11 Å². The van der Waals surface area contributed by atoms with Gasteiger partial charge in [-0.1, -0.05) is 30.2 Å². The van der Waals surface area contributed by atoms with Gasteiger partial charge < -0.3 is 14.2 Å². The SMILES string of the molecule is COc1cc2c(c3c1C[C@H](C)[C@](C)(CC/C=C(\C)CCC=C(C)C)O3)COC2=O. The summed E-state index contributed by atoms with van der Waals surface area (Å²) in [6.07, 6.45) is 9.64. The van der Waals surface area contributed by atoms with Gasteiger partial charge in [0.05, 0.1) is 12.7 Å². The third-order valence-electron chi connectivity index (χ3n) is 6.35. The minimum absolute atomic E-state index is 0.282. The van der Waals surface area contributed by atoms with Crippen molar-refractivity contribution in [1.29, 1.82) is 0 Å². The highest BCUT2D eigenvalue weighted by molar-refractivity contribution is 5.95. The van der Waals surface area contributed by atoms with Crippen LogP contribution in [0.2, 0.25) is 0 Å². The number of methoxy groups -OCH3 is 1. The van der Waals surface area contributed by atoms with Crippen molar-refractivity contribution in [3.8, 4) is 11.5 Å². The standard InChI is InChI=1S/C25H34O4/c1-16(2)9-7-10-17(3)11-8-12-25(5)18(4)13-20-22(27-6)14-19-21(23(20)29-25)15-28-24(19)26/h9,11,14,18H,7-8,10,12-13,15H2,1-6H3/b17-11+/t18-,25-/m0/s1. The summed E-state index contributed by atoms with van der Waals surface area (Å²) < 4.78 is 17.4. The molecule has 0 aliphatic carbocycles. The van der Waals surface area contributed by atoms with E-state index in [0.717, 1.165) is 54.7 Å². The monoisotopic (exact) mass is 398 g/mol. The minimum atomic E-state index is -0.292. The quantitative estimate of drug-likeness (QED) is 0.407. The molecule has 0 unspecified atom stereocenters. The van der Waals surface area contributed by atoms with Gasteiger partial charge in [-0.3, -0.25) is 0 Å². The molecule has 2 aliphatic heterocycles. The molecule has 158 valence electrons. The molecule has 0 saturated heterocycles. The second-order valence-electron chi connectivity index (χ2n) is 8.92. The Kier molecular flexibility index (Phi) is 6.40. The van der Waals surface area contributed by atoms with Gasteiger partial charge in [-0.05, 0) is 71.8 Å². The first-order chi connectivity index (χ1) is 13.7. The number of fused-ring (bicyclic) bond motifs is 3. The van der Waals surface area contributed by atoms with Crippen LogP contribution in [0, 0.1) is 5.92 Å². The van der Waals surface area contributed by atoms with Crippen LogP contribution in [0.1, 0.15) is 81.8 Å². The molecule has 2 heterocycles. The van der Waals surface area contributed by atoms with Gasteiger partial charge in [0.25, 0.3) is 0 Å². The molecule has 1 aromatic carbocycles. The molecular weight excluding hydrogens is 364 g/mol. The first kappa shape index (κ1) is 21.5. The van der Waals surface area contributed by atoms with Crippen LogP contribution in [0.5, 0.6) is 11.5 Å². The number of ether oxygens (including phenoxy) is 3. The predicted octanol–water partition coefficient (Wildman–Crippen LogP) is 6.17. The van der Waals surface area contributed by atoms with E-state index in [-0.39, 0.29) is 18.2 Å². The van der Waals surface area contributed by atoms with Crippen molar-refractivity contribution in [1.82, 2.24) is 0 Å². The Bertz CT molecular complexity index is 845. The second kappa shape index (κ2) is 8.64. The Morgan fingerprint density at radius 2 is 2.00 bits per heavy atom. The van der Waals surface area contributed by atoms with Crippen molar-refractivity contribution < 1.29 is 19.0 Å². The number of hydrogen-bond acceptors (Lipinski definition) is 4. The lowest BCUT2D eigenvalue weighted by molar-refractivity contribution is 0.00783. The third kappa shape index (κ3) is 4.52. The zero-order chi connectivity index (χ0) is 21.2. The van der Waals surface area contributed by atoms with Gasteiger partial charge in [0.2, 0.25) is 0 Å². The molecule has 2 aliphatic rings. The molecular formula is C25H34O4. The molecule has 0 aromatic heterocycles. The van der Waals surface area contributed by atoms with E-state index in [9.17, 15) is 4.79 Å².